The first kappa shape index (κ1) is 10.4. The molecule has 0 fully saturated rings. The summed E-state index contributed by atoms with van der Waals surface area (Å²) in [6.07, 6.45) is 0.227. The van der Waals surface area contributed by atoms with Crippen LogP contribution in [0.3, 0.4) is 0 Å². The van der Waals surface area contributed by atoms with Crippen LogP contribution in [0.25, 0.3) is 0 Å². The first-order chi connectivity index (χ1) is 5.07. The summed E-state index contributed by atoms with van der Waals surface area (Å²) < 4.78 is 0. The van der Waals surface area contributed by atoms with Crippen molar-refractivity contribution in [1.29, 1.82) is 0 Å². The highest BCUT2D eigenvalue weighted by atomic mass is 16.4. The number of carbonyl (C=O) groups is 1. The molecule has 0 aromatic rings. The predicted molar refractivity (Wildman–Crippen MR) is 41.4 cm³/mol. The third-order valence-corrected chi connectivity index (χ3v) is 1.54. The number of hydrogen-bond donors (Lipinski definition) is 3. The SMILES string of the molecule is CCC(NCC(=O)O)C(C)O. The van der Waals surface area contributed by atoms with Crippen molar-refractivity contribution in [1.82, 2.24) is 5.32 Å². The van der Waals surface area contributed by atoms with Crippen LogP contribution in [0.2, 0.25) is 0 Å². The number of aliphatic hydroxyl groups excluding tert-OH is 1. The van der Waals surface area contributed by atoms with Gasteiger partial charge in [0.2, 0.25) is 0 Å². The number of aliphatic hydroxyl groups is 1. The summed E-state index contributed by atoms with van der Waals surface area (Å²) in [4.78, 5) is 10.1. The predicted octanol–water partition coefficient (Wildman–Crippen LogP) is -0.180. The maximum absolute atomic E-state index is 10.1. The van der Waals surface area contributed by atoms with Gasteiger partial charge in [0.15, 0.2) is 0 Å². The van der Waals surface area contributed by atoms with Crippen LogP contribution < -0.4 is 5.32 Å². The average Bonchev–Trinajstić information content (AvgIpc) is 1.87. The molecule has 0 aromatic heterocycles. The summed E-state index contributed by atoms with van der Waals surface area (Å²) in [6.45, 7) is 3.44. The molecule has 66 valence electrons. The standard InChI is InChI=1S/C7H15NO3/c1-3-6(5(2)9)8-4-7(10)11/h5-6,8-9H,3-4H2,1-2H3,(H,10,11). The molecule has 0 spiro atoms. The molecule has 0 rings (SSSR count). The molecule has 2 unspecified atom stereocenters. The van der Waals surface area contributed by atoms with Gasteiger partial charge in [-0.25, -0.2) is 0 Å². The van der Waals surface area contributed by atoms with Gasteiger partial charge in [0.05, 0.1) is 12.6 Å². The Hall–Kier alpha value is -0.610. The van der Waals surface area contributed by atoms with E-state index in [1.807, 2.05) is 6.92 Å². The van der Waals surface area contributed by atoms with E-state index in [-0.39, 0.29) is 12.6 Å². The molecule has 0 saturated heterocycles. The minimum atomic E-state index is -0.899. The second-order valence-corrected chi connectivity index (χ2v) is 2.53. The molecule has 0 heterocycles. The van der Waals surface area contributed by atoms with Gasteiger partial charge in [-0.1, -0.05) is 6.92 Å². The van der Waals surface area contributed by atoms with E-state index >= 15 is 0 Å². The minimum Gasteiger partial charge on any atom is -0.480 e. The maximum Gasteiger partial charge on any atom is 0.317 e. The lowest BCUT2D eigenvalue weighted by Crippen LogP contribution is -2.40. The lowest BCUT2D eigenvalue weighted by atomic mass is 10.1. The van der Waals surface area contributed by atoms with Crippen LogP contribution in [-0.4, -0.2) is 34.9 Å². The Balaban J connectivity index is 3.61. The molecule has 0 amide bonds. The van der Waals surface area contributed by atoms with Gasteiger partial charge in [-0.3, -0.25) is 4.79 Å². The molecule has 2 atom stereocenters. The molecule has 0 bridgehead atoms. The number of hydrogen-bond acceptors (Lipinski definition) is 3. The molecule has 4 heteroatoms. The largest absolute Gasteiger partial charge is 0.480 e. The molecule has 11 heavy (non-hydrogen) atoms. The van der Waals surface area contributed by atoms with Gasteiger partial charge in [-0.15, -0.1) is 0 Å². The monoisotopic (exact) mass is 161 g/mol. The summed E-state index contributed by atoms with van der Waals surface area (Å²) in [7, 11) is 0. The summed E-state index contributed by atoms with van der Waals surface area (Å²) in [5, 5.41) is 20.1. The van der Waals surface area contributed by atoms with Crippen molar-refractivity contribution in [2.75, 3.05) is 6.54 Å². The van der Waals surface area contributed by atoms with Gasteiger partial charge in [-0.2, -0.15) is 0 Å². The van der Waals surface area contributed by atoms with Gasteiger partial charge in [-0.05, 0) is 13.3 Å². The Kier molecular flexibility index (Phi) is 4.81. The van der Waals surface area contributed by atoms with E-state index in [4.69, 9.17) is 10.2 Å². The minimum absolute atomic E-state index is 0.0938. The van der Waals surface area contributed by atoms with E-state index in [1.165, 1.54) is 0 Å². The molecule has 0 aliphatic rings. The van der Waals surface area contributed by atoms with Crippen molar-refractivity contribution < 1.29 is 15.0 Å². The van der Waals surface area contributed by atoms with Crippen LogP contribution in [0.15, 0.2) is 0 Å². The second kappa shape index (κ2) is 5.09. The number of carboxylic acids is 1. The van der Waals surface area contributed by atoms with Crippen LogP contribution >= 0.6 is 0 Å². The highest BCUT2D eigenvalue weighted by molar-refractivity contribution is 5.69. The molecular formula is C7H15NO3. The maximum atomic E-state index is 10.1. The zero-order valence-corrected chi connectivity index (χ0v) is 6.87. The number of rotatable bonds is 5. The number of aliphatic carboxylic acids is 1. The van der Waals surface area contributed by atoms with Crippen molar-refractivity contribution in [2.24, 2.45) is 0 Å². The highest BCUT2D eigenvalue weighted by Crippen LogP contribution is 1.96. The lowest BCUT2D eigenvalue weighted by molar-refractivity contribution is -0.136. The lowest BCUT2D eigenvalue weighted by Gasteiger charge is -2.18. The Morgan fingerprint density at radius 3 is 2.45 bits per heavy atom. The first-order valence-electron chi connectivity index (χ1n) is 3.71. The Morgan fingerprint density at radius 2 is 2.18 bits per heavy atom. The van der Waals surface area contributed by atoms with Crippen LogP contribution in [0.4, 0.5) is 0 Å². The quantitative estimate of drug-likeness (QED) is 0.523. The Bertz CT molecular complexity index is 125. The summed E-state index contributed by atoms with van der Waals surface area (Å²) >= 11 is 0. The van der Waals surface area contributed by atoms with E-state index in [1.54, 1.807) is 6.92 Å². The summed E-state index contributed by atoms with van der Waals surface area (Å²) in [6, 6.07) is -0.119. The molecule has 0 radical (unpaired) electrons. The van der Waals surface area contributed by atoms with Crippen LogP contribution in [0.5, 0.6) is 0 Å². The molecule has 0 aliphatic carbocycles. The second-order valence-electron chi connectivity index (χ2n) is 2.53. The molecule has 3 N–H and O–H groups in total. The highest BCUT2D eigenvalue weighted by Gasteiger charge is 2.12. The van der Waals surface area contributed by atoms with E-state index < -0.39 is 12.1 Å². The van der Waals surface area contributed by atoms with Gasteiger partial charge < -0.3 is 15.5 Å². The molecule has 0 aliphatic heterocycles. The van der Waals surface area contributed by atoms with Crippen molar-refractivity contribution in [2.45, 2.75) is 32.4 Å². The summed E-state index contributed by atoms with van der Waals surface area (Å²) in [5.74, 6) is -0.899. The topological polar surface area (TPSA) is 69.6 Å². The fourth-order valence-corrected chi connectivity index (χ4v) is 0.874. The summed E-state index contributed by atoms with van der Waals surface area (Å²) in [5.41, 5.74) is 0. The number of nitrogens with one attached hydrogen (secondary N) is 1. The smallest absolute Gasteiger partial charge is 0.317 e. The first-order valence-corrected chi connectivity index (χ1v) is 3.71. The third-order valence-electron chi connectivity index (χ3n) is 1.54. The molecule has 0 aromatic carbocycles. The van der Waals surface area contributed by atoms with Crippen molar-refractivity contribution >= 4 is 5.97 Å². The molecule has 4 nitrogen and oxygen atoms in total. The van der Waals surface area contributed by atoms with Crippen LogP contribution in [-0.2, 0) is 4.79 Å². The van der Waals surface area contributed by atoms with E-state index in [0.717, 1.165) is 6.42 Å². The van der Waals surface area contributed by atoms with Crippen LogP contribution in [0.1, 0.15) is 20.3 Å². The number of carboxylic acid groups (broad SMARTS) is 1. The van der Waals surface area contributed by atoms with Crippen molar-refractivity contribution in [3.8, 4) is 0 Å². The van der Waals surface area contributed by atoms with Crippen molar-refractivity contribution in [3.63, 3.8) is 0 Å². The van der Waals surface area contributed by atoms with Crippen molar-refractivity contribution in [3.05, 3.63) is 0 Å². The van der Waals surface area contributed by atoms with Crippen LogP contribution in [0, 0.1) is 0 Å². The van der Waals surface area contributed by atoms with Gasteiger partial charge in [0.25, 0.3) is 0 Å². The zero-order valence-electron chi connectivity index (χ0n) is 6.87. The Labute approximate surface area is 66.2 Å². The van der Waals surface area contributed by atoms with Gasteiger partial charge in [0, 0.05) is 6.04 Å². The molecule has 0 saturated carbocycles. The van der Waals surface area contributed by atoms with E-state index in [0.29, 0.717) is 0 Å². The van der Waals surface area contributed by atoms with E-state index in [9.17, 15) is 4.79 Å². The molecular weight excluding hydrogens is 146 g/mol. The van der Waals surface area contributed by atoms with Gasteiger partial charge in [0.1, 0.15) is 0 Å². The van der Waals surface area contributed by atoms with E-state index in [2.05, 4.69) is 5.32 Å². The average molecular weight is 161 g/mol. The third kappa shape index (κ3) is 4.75. The fourth-order valence-electron chi connectivity index (χ4n) is 0.874. The zero-order chi connectivity index (χ0) is 8.85. The fraction of sp³-hybridized carbons (Fsp3) is 0.857. The normalized spacial score (nSPS) is 15.9. The van der Waals surface area contributed by atoms with Gasteiger partial charge >= 0.3 is 5.97 Å². The Morgan fingerprint density at radius 1 is 1.64 bits per heavy atom.